The maximum absolute atomic E-state index is 13.0. The van der Waals surface area contributed by atoms with E-state index in [1.807, 2.05) is 0 Å². The molecule has 0 saturated carbocycles. The number of nitrogens with one attached hydrogen (secondary N) is 1. The van der Waals surface area contributed by atoms with Gasteiger partial charge in [0.25, 0.3) is 0 Å². The Labute approximate surface area is 100 Å². The fourth-order valence-corrected chi connectivity index (χ4v) is 2.31. The van der Waals surface area contributed by atoms with Crippen molar-refractivity contribution in [2.45, 2.75) is 0 Å². The van der Waals surface area contributed by atoms with Crippen LogP contribution < -0.4 is 5.32 Å². The predicted octanol–water partition coefficient (Wildman–Crippen LogP) is 2.97. The second-order valence-corrected chi connectivity index (χ2v) is 4.41. The van der Waals surface area contributed by atoms with Crippen LogP contribution in [-0.4, -0.2) is 15.0 Å². The molecule has 6 heteroatoms. The van der Waals surface area contributed by atoms with E-state index < -0.39 is 0 Å². The summed E-state index contributed by atoms with van der Waals surface area (Å²) in [5.41, 5.74) is 1.40. The first kappa shape index (κ1) is 10.1. The summed E-state index contributed by atoms with van der Waals surface area (Å²) in [5.74, 6) is -0.280. The van der Waals surface area contributed by atoms with Crippen molar-refractivity contribution in [1.82, 2.24) is 15.0 Å². The Morgan fingerprint density at radius 1 is 1.18 bits per heavy atom. The maximum atomic E-state index is 13.0. The standard InChI is InChI=1S/C11H7FN4S/c12-7-1-2-10-9(3-7)16-11(17-10)15-8-4-13-6-14-5-8/h1-6H,(H,15,16). The average Bonchev–Trinajstić information content (AvgIpc) is 2.71. The summed E-state index contributed by atoms with van der Waals surface area (Å²) in [6, 6.07) is 4.56. The predicted molar refractivity (Wildman–Crippen MR) is 64.9 cm³/mol. The van der Waals surface area contributed by atoms with Gasteiger partial charge in [-0.15, -0.1) is 0 Å². The number of thiazole rings is 1. The fourth-order valence-electron chi connectivity index (χ4n) is 1.44. The molecule has 0 atom stereocenters. The van der Waals surface area contributed by atoms with E-state index in [4.69, 9.17) is 0 Å². The van der Waals surface area contributed by atoms with Gasteiger partial charge < -0.3 is 5.32 Å². The van der Waals surface area contributed by atoms with Gasteiger partial charge in [0.2, 0.25) is 0 Å². The number of benzene rings is 1. The van der Waals surface area contributed by atoms with Crippen molar-refractivity contribution in [2.75, 3.05) is 5.32 Å². The van der Waals surface area contributed by atoms with E-state index in [0.717, 1.165) is 10.4 Å². The van der Waals surface area contributed by atoms with Crippen LogP contribution in [0.5, 0.6) is 0 Å². The van der Waals surface area contributed by atoms with Crippen LogP contribution in [0.15, 0.2) is 36.9 Å². The number of aromatic nitrogens is 3. The van der Waals surface area contributed by atoms with Crippen LogP contribution in [0, 0.1) is 5.82 Å². The molecule has 0 aliphatic carbocycles. The number of hydrogen-bond acceptors (Lipinski definition) is 5. The first-order valence-corrected chi connectivity index (χ1v) is 5.71. The molecule has 0 spiro atoms. The summed E-state index contributed by atoms with van der Waals surface area (Å²) in [6.07, 6.45) is 4.76. The number of nitrogens with zero attached hydrogens (tertiary/aromatic N) is 3. The smallest absolute Gasteiger partial charge is 0.188 e. The van der Waals surface area contributed by atoms with Gasteiger partial charge >= 0.3 is 0 Å². The lowest BCUT2D eigenvalue weighted by atomic mass is 10.3. The van der Waals surface area contributed by atoms with E-state index in [0.29, 0.717) is 10.6 Å². The van der Waals surface area contributed by atoms with Crippen molar-refractivity contribution in [2.24, 2.45) is 0 Å². The van der Waals surface area contributed by atoms with Gasteiger partial charge in [-0.3, -0.25) is 0 Å². The number of anilines is 2. The fraction of sp³-hybridized carbons (Fsp3) is 0. The zero-order chi connectivity index (χ0) is 11.7. The number of rotatable bonds is 2. The molecule has 0 aliphatic rings. The highest BCUT2D eigenvalue weighted by molar-refractivity contribution is 7.22. The molecule has 1 aromatic carbocycles. The molecular formula is C11H7FN4S. The molecule has 0 saturated heterocycles. The third-order valence-electron chi connectivity index (χ3n) is 2.16. The minimum Gasteiger partial charge on any atom is -0.329 e. The Kier molecular flexibility index (Phi) is 2.41. The third kappa shape index (κ3) is 2.07. The molecule has 1 N–H and O–H groups in total. The molecule has 3 aromatic rings. The monoisotopic (exact) mass is 246 g/mol. The van der Waals surface area contributed by atoms with Gasteiger partial charge in [0.15, 0.2) is 5.13 Å². The summed E-state index contributed by atoms with van der Waals surface area (Å²) in [6.45, 7) is 0. The van der Waals surface area contributed by atoms with E-state index in [9.17, 15) is 4.39 Å². The second kappa shape index (κ2) is 4.06. The highest BCUT2D eigenvalue weighted by Gasteiger charge is 2.05. The average molecular weight is 246 g/mol. The Morgan fingerprint density at radius 3 is 2.82 bits per heavy atom. The van der Waals surface area contributed by atoms with Gasteiger partial charge in [-0.05, 0) is 12.1 Å². The van der Waals surface area contributed by atoms with Crippen LogP contribution in [-0.2, 0) is 0 Å². The number of fused-ring (bicyclic) bond motifs is 1. The van der Waals surface area contributed by atoms with Crippen LogP contribution >= 0.6 is 11.3 Å². The van der Waals surface area contributed by atoms with Gasteiger partial charge in [-0.25, -0.2) is 19.3 Å². The van der Waals surface area contributed by atoms with Gasteiger partial charge in [0.05, 0.1) is 28.3 Å². The van der Waals surface area contributed by atoms with Crippen LogP contribution in [0.3, 0.4) is 0 Å². The maximum Gasteiger partial charge on any atom is 0.188 e. The summed E-state index contributed by atoms with van der Waals surface area (Å²) in [7, 11) is 0. The molecule has 0 amide bonds. The summed E-state index contributed by atoms with van der Waals surface area (Å²) in [4.78, 5) is 12.1. The van der Waals surface area contributed by atoms with Crippen LogP contribution in [0.25, 0.3) is 10.2 Å². The van der Waals surface area contributed by atoms with E-state index >= 15 is 0 Å². The Hall–Kier alpha value is -2.08. The Balaban J connectivity index is 1.96. The topological polar surface area (TPSA) is 50.7 Å². The normalized spacial score (nSPS) is 10.6. The molecule has 17 heavy (non-hydrogen) atoms. The van der Waals surface area contributed by atoms with E-state index in [-0.39, 0.29) is 5.82 Å². The van der Waals surface area contributed by atoms with E-state index in [1.165, 1.54) is 29.8 Å². The van der Waals surface area contributed by atoms with Crippen molar-refractivity contribution in [1.29, 1.82) is 0 Å². The summed E-state index contributed by atoms with van der Waals surface area (Å²) >= 11 is 1.46. The Morgan fingerprint density at radius 2 is 2.00 bits per heavy atom. The van der Waals surface area contributed by atoms with Crippen molar-refractivity contribution in [3.8, 4) is 0 Å². The van der Waals surface area contributed by atoms with Crippen LogP contribution in [0.2, 0.25) is 0 Å². The van der Waals surface area contributed by atoms with E-state index in [2.05, 4.69) is 20.3 Å². The lowest BCUT2D eigenvalue weighted by Gasteiger charge is -1.98. The first-order chi connectivity index (χ1) is 8.31. The number of hydrogen-bond donors (Lipinski definition) is 1. The third-order valence-corrected chi connectivity index (χ3v) is 3.11. The lowest BCUT2D eigenvalue weighted by Crippen LogP contribution is -1.90. The summed E-state index contributed by atoms with van der Waals surface area (Å²) < 4.78 is 13.9. The van der Waals surface area contributed by atoms with E-state index in [1.54, 1.807) is 18.5 Å². The summed E-state index contributed by atoms with van der Waals surface area (Å²) in [5, 5.41) is 3.77. The minimum absolute atomic E-state index is 0.280. The minimum atomic E-state index is -0.280. The molecule has 0 unspecified atom stereocenters. The van der Waals surface area contributed by atoms with Gasteiger partial charge in [0, 0.05) is 6.07 Å². The van der Waals surface area contributed by atoms with Crippen molar-refractivity contribution < 1.29 is 4.39 Å². The van der Waals surface area contributed by atoms with Crippen molar-refractivity contribution >= 4 is 32.4 Å². The molecule has 0 fully saturated rings. The second-order valence-electron chi connectivity index (χ2n) is 3.38. The zero-order valence-electron chi connectivity index (χ0n) is 8.59. The van der Waals surface area contributed by atoms with Gasteiger partial charge in [-0.2, -0.15) is 0 Å². The van der Waals surface area contributed by atoms with Crippen molar-refractivity contribution in [3.63, 3.8) is 0 Å². The SMILES string of the molecule is Fc1ccc2sc(Nc3cncnc3)nc2c1. The quantitative estimate of drug-likeness (QED) is 0.755. The molecule has 4 nitrogen and oxygen atoms in total. The zero-order valence-corrected chi connectivity index (χ0v) is 9.41. The largest absolute Gasteiger partial charge is 0.329 e. The molecule has 84 valence electrons. The lowest BCUT2D eigenvalue weighted by molar-refractivity contribution is 0.629. The molecule has 2 heterocycles. The highest BCUT2D eigenvalue weighted by atomic mass is 32.1. The number of halogens is 1. The molecule has 0 radical (unpaired) electrons. The van der Waals surface area contributed by atoms with Crippen LogP contribution in [0.4, 0.5) is 15.2 Å². The van der Waals surface area contributed by atoms with Crippen molar-refractivity contribution in [3.05, 3.63) is 42.7 Å². The highest BCUT2D eigenvalue weighted by Crippen LogP contribution is 2.28. The first-order valence-electron chi connectivity index (χ1n) is 4.89. The molecule has 0 bridgehead atoms. The van der Waals surface area contributed by atoms with Gasteiger partial charge in [0.1, 0.15) is 12.1 Å². The van der Waals surface area contributed by atoms with Crippen LogP contribution in [0.1, 0.15) is 0 Å². The molecule has 3 rings (SSSR count). The molecule has 2 aromatic heterocycles. The van der Waals surface area contributed by atoms with Gasteiger partial charge in [-0.1, -0.05) is 11.3 Å². The molecular weight excluding hydrogens is 239 g/mol. The molecule has 0 aliphatic heterocycles. The Bertz CT molecular complexity index is 653.